The zero-order valence-corrected chi connectivity index (χ0v) is 8.57. The van der Waals surface area contributed by atoms with Gasteiger partial charge in [0.15, 0.2) is 11.5 Å². The third-order valence-electron chi connectivity index (χ3n) is 1.77. The number of benzene rings is 1. The lowest BCUT2D eigenvalue weighted by Gasteiger charge is -2.09. The summed E-state index contributed by atoms with van der Waals surface area (Å²) >= 11 is 0. The summed E-state index contributed by atoms with van der Waals surface area (Å²) in [7, 11) is 4.95. The molecular formula is C10H14N2O2. The molecule has 0 radical (unpaired) electrons. The number of para-hydroxylation sites is 1. The van der Waals surface area contributed by atoms with Gasteiger partial charge in [0.25, 0.3) is 0 Å². The molecule has 0 atom stereocenters. The minimum absolute atomic E-state index is 0.689. The minimum Gasteiger partial charge on any atom is -0.493 e. The van der Waals surface area contributed by atoms with Crippen LogP contribution in [0.3, 0.4) is 0 Å². The molecule has 0 spiro atoms. The number of methoxy groups -OCH3 is 2. The van der Waals surface area contributed by atoms with E-state index in [1.54, 1.807) is 27.5 Å². The Morgan fingerprint density at radius 3 is 2.64 bits per heavy atom. The second kappa shape index (κ2) is 5.11. The lowest BCUT2D eigenvalue weighted by Crippen LogP contribution is -1.98. The first kappa shape index (κ1) is 10.4. The fourth-order valence-electron chi connectivity index (χ4n) is 1.15. The fourth-order valence-corrected chi connectivity index (χ4v) is 1.15. The van der Waals surface area contributed by atoms with Gasteiger partial charge in [0.05, 0.1) is 20.4 Å². The summed E-state index contributed by atoms with van der Waals surface area (Å²) in [5, 5.41) is 3.92. The van der Waals surface area contributed by atoms with Crippen LogP contribution in [-0.4, -0.2) is 27.5 Å². The van der Waals surface area contributed by atoms with E-state index in [4.69, 9.17) is 9.47 Å². The molecule has 0 aromatic heterocycles. The van der Waals surface area contributed by atoms with E-state index < -0.39 is 0 Å². The van der Waals surface area contributed by atoms with Crippen LogP contribution in [0.5, 0.6) is 11.5 Å². The fraction of sp³-hybridized carbons (Fsp3) is 0.300. The highest BCUT2D eigenvalue weighted by atomic mass is 16.5. The van der Waals surface area contributed by atoms with Crippen LogP contribution < -0.4 is 14.9 Å². The van der Waals surface area contributed by atoms with Crippen LogP contribution in [0.25, 0.3) is 0 Å². The van der Waals surface area contributed by atoms with Crippen LogP contribution in [0.1, 0.15) is 5.56 Å². The minimum atomic E-state index is 0.689. The Bertz CT molecular complexity index is 324. The molecule has 1 N–H and O–H groups in total. The van der Waals surface area contributed by atoms with E-state index in [0.717, 1.165) is 5.56 Å². The van der Waals surface area contributed by atoms with Gasteiger partial charge in [0, 0.05) is 12.6 Å². The van der Waals surface area contributed by atoms with E-state index in [-0.39, 0.29) is 0 Å². The Kier molecular flexibility index (Phi) is 3.79. The number of hydrogen-bond donors (Lipinski definition) is 1. The van der Waals surface area contributed by atoms with E-state index in [1.807, 2.05) is 18.2 Å². The summed E-state index contributed by atoms with van der Waals surface area (Å²) < 4.78 is 10.4. The second-order valence-electron chi connectivity index (χ2n) is 2.56. The summed E-state index contributed by atoms with van der Waals surface area (Å²) in [6.07, 6.45) is 1.68. The quantitative estimate of drug-likeness (QED) is 0.579. The number of hydrazone groups is 1. The number of ether oxygens (including phenoxy) is 2. The average Bonchev–Trinajstić information content (AvgIpc) is 2.25. The third-order valence-corrected chi connectivity index (χ3v) is 1.77. The summed E-state index contributed by atoms with van der Waals surface area (Å²) in [6.45, 7) is 0. The lowest BCUT2D eigenvalue weighted by atomic mass is 10.2. The lowest BCUT2D eigenvalue weighted by molar-refractivity contribution is 0.354. The van der Waals surface area contributed by atoms with Gasteiger partial charge in [-0.25, -0.2) is 0 Å². The molecule has 0 aliphatic carbocycles. The molecular weight excluding hydrogens is 180 g/mol. The number of nitrogens with one attached hydrogen (secondary N) is 1. The monoisotopic (exact) mass is 194 g/mol. The Morgan fingerprint density at radius 1 is 1.29 bits per heavy atom. The van der Waals surface area contributed by atoms with Gasteiger partial charge < -0.3 is 14.9 Å². The van der Waals surface area contributed by atoms with Crippen molar-refractivity contribution in [1.82, 2.24) is 5.43 Å². The molecule has 4 heteroatoms. The molecule has 0 bridgehead atoms. The zero-order valence-electron chi connectivity index (χ0n) is 8.57. The van der Waals surface area contributed by atoms with Crippen LogP contribution in [0.2, 0.25) is 0 Å². The summed E-state index contributed by atoms with van der Waals surface area (Å²) in [5.74, 6) is 1.39. The van der Waals surface area contributed by atoms with E-state index >= 15 is 0 Å². The van der Waals surface area contributed by atoms with Crippen molar-refractivity contribution in [2.45, 2.75) is 0 Å². The molecule has 1 aromatic carbocycles. The van der Waals surface area contributed by atoms with Gasteiger partial charge in [-0.2, -0.15) is 5.10 Å². The maximum absolute atomic E-state index is 5.22. The van der Waals surface area contributed by atoms with Gasteiger partial charge in [-0.05, 0) is 12.1 Å². The Labute approximate surface area is 83.5 Å². The van der Waals surface area contributed by atoms with Gasteiger partial charge in [0.2, 0.25) is 0 Å². The zero-order chi connectivity index (χ0) is 10.4. The predicted octanol–water partition coefficient (Wildman–Crippen LogP) is 1.26. The molecule has 0 heterocycles. The second-order valence-corrected chi connectivity index (χ2v) is 2.56. The van der Waals surface area contributed by atoms with Crippen molar-refractivity contribution in [3.05, 3.63) is 23.8 Å². The van der Waals surface area contributed by atoms with Crippen LogP contribution >= 0.6 is 0 Å². The molecule has 4 nitrogen and oxygen atoms in total. The highest BCUT2D eigenvalue weighted by Crippen LogP contribution is 2.29. The Balaban J connectivity index is 3.08. The van der Waals surface area contributed by atoms with Crippen molar-refractivity contribution in [2.24, 2.45) is 5.10 Å². The molecule has 0 unspecified atom stereocenters. The maximum atomic E-state index is 5.22. The van der Waals surface area contributed by atoms with Crippen molar-refractivity contribution in [1.29, 1.82) is 0 Å². The highest BCUT2D eigenvalue weighted by Gasteiger charge is 2.06. The molecule has 0 aliphatic heterocycles. The Hall–Kier alpha value is -1.71. The van der Waals surface area contributed by atoms with Crippen molar-refractivity contribution < 1.29 is 9.47 Å². The molecule has 0 aliphatic rings. The topological polar surface area (TPSA) is 42.9 Å². The van der Waals surface area contributed by atoms with Gasteiger partial charge in [-0.1, -0.05) is 6.07 Å². The highest BCUT2D eigenvalue weighted by molar-refractivity contribution is 5.84. The van der Waals surface area contributed by atoms with Crippen LogP contribution in [0.4, 0.5) is 0 Å². The van der Waals surface area contributed by atoms with Crippen LogP contribution in [0, 0.1) is 0 Å². The molecule has 0 fully saturated rings. The SMILES string of the molecule is CN/N=C/c1cccc(OC)c1OC. The smallest absolute Gasteiger partial charge is 0.169 e. The molecule has 76 valence electrons. The normalized spacial score (nSPS) is 10.2. The number of hydrogen-bond acceptors (Lipinski definition) is 4. The first-order valence-corrected chi connectivity index (χ1v) is 4.24. The van der Waals surface area contributed by atoms with E-state index in [0.29, 0.717) is 11.5 Å². The third kappa shape index (κ3) is 2.16. The van der Waals surface area contributed by atoms with Crippen molar-refractivity contribution in [3.63, 3.8) is 0 Å². The van der Waals surface area contributed by atoms with Gasteiger partial charge in [-0.15, -0.1) is 0 Å². The average molecular weight is 194 g/mol. The van der Waals surface area contributed by atoms with E-state index in [2.05, 4.69) is 10.5 Å². The predicted molar refractivity (Wildman–Crippen MR) is 56.2 cm³/mol. The maximum Gasteiger partial charge on any atom is 0.169 e. The molecule has 0 amide bonds. The number of rotatable bonds is 4. The van der Waals surface area contributed by atoms with Crippen molar-refractivity contribution in [3.8, 4) is 11.5 Å². The first-order chi connectivity index (χ1) is 6.83. The van der Waals surface area contributed by atoms with Gasteiger partial charge in [0.1, 0.15) is 0 Å². The molecule has 1 aromatic rings. The van der Waals surface area contributed by atoms with E-state index in [1.165, 1.54) is 0 Å². The first-order valence-electron chi connectivity index (χ1n) is 4.24. The summed E-state index contributed by atoms with van der Waals surface area (Å²) in [5.41, 5.74) is 3.55. The Morgan fingerprint density at radius 2 is 2.07 bits per heavy atom. The van der Waals surface area contributed by atoms with Crippen LogP contribution in [0.15, 0.2) is 23.3 Å². The summed E-state index contributed by atoms with van der Waals surface area (Å²) in [4.78, 5) is 0. The summed E-state index contributed by atoms with van der Waals surface area (Å²) in [6, 6.07) is 5.64. The van der Waals surface area contributed by atoms with Crippen molar-refractivity contribution in [2.75, 3.05) is 21.3 Å². The molecule has 0 saturated carbocycles. The van der Waals surface area contributed by atoms with Gasteiger partial charge in [-0.3, -0.25) is 0 Å². The van der Waals surface area contributed by atoms with Crippen molar-refractivity contribution >= 4 is 6.21 Å². The number of nitrogens with zero attached hydrogens (tertiary/aromatic N) is 1. The molecule has 14 heavy (non-hydrogen) atoms. The standard InChI is InChI=1S/C10H14N2O2/c1-11-12-7-8-5-4-6-9(13-2)10(8)14-3/h4-7,11H,1-3H3/b12-7+. The van der Waals surface area contributed by atoms with Crippen LogP contribution in [-0.2, 0) is 0 Å². The van der Waals surface area contributed by atoms with E-state index in [9.17, 15) is 0 Å². The molecule has 1 rings (SSSR count). The molecule has 0 saturated heterocycles. The largest absolute Gasteiger partial charge is 0.493 e. The van der Waals surface area contributed by atoms with Gasteiger partial charge >= 0.3 is 0 Å².